The molecule has 0 aliphatic rings. The molecule has 148 valence electrons. The van der Waals surface area contributed by atoms with Crippen molar-refractivity contribution in [3.63, 3.8) is 0 Å². The first-order valence-electron chi connectivity index (χ1n) is 9.11. The molecule has 0 atom stereocenters. The predicted molar refractivity (Wildman–Crippen MR) is 117 cm³/mol. The van der Waals surface area contributed by atoms with Crippen LogP contribution in [0.1, 0.15) is 24.5 Å². The number of carbonyl (C=O) groups is 1. The highest BCUT2D eigenvalue weighted by Crippen LogP contribution is 2.31. The van der Waals surface area contributed by atoms with Gasteiger partial charge in [-0.15, -0.1) is 11.3 Å². The molecule has 0 spiro atoms. The van der Waals surface area contributed by atoms with E-state index in [0.717, 1.165) is 32.8 Å². The summed E-state index contributed by atoms with van der Waals surface area (Å²) < 4.78 is 2.79. The van der Waals surface area contributed by atoms with E-state index in [9.17, 15) is 4.79 Å². The summed E-state index contributed by atoms with van der Waals surface area (Å²) in [5.74, 6) is 0.343. The summed E-state index contributed by atoms with van der Waals surface area (Å²) in [4.78, 5) is 24.6. The van der Waals surface area contributed by atoms with Gasteiger partial charge in [-0.25, -0.2) is 15.0 Å². The van der Waals surface area contributed by atoms with E-state index < -0.39 is 5.91 Å². The van der Waals surface area contributed by atoms with Crippen molar-refractivity contribution in [2.24, 2.45) is 12.8 Å². The van der Waals surface area contributed by atoms with E-state index in [2.05, 4.69) is 45.5 Å². The van der Waals surface area contributed by atoms with E-state index in [1.807, 2.05) is 23.7 Å². The largest absolute Gasteiger partial charge is 0.382 e. The molecule has 0 saturated carbocycles. The number of anilines is 3. The number of hydrogen-bond donors (Lipinski definition) is 3. The highest BCUT2D eigenvalue weighted by Gasteiger charge is 2.17. The lowest BCUT2D eigenvalue weighted by atomic mass is 10.1. The summed E-state index contributed by atoms with van der Waals surface area (Å²) in [7, 11) is 1.76. The zero-order valence-corrected chi connectivity index (χ0v) is 17.1. The van der Waals surface area contributed by atoms with Crippen LogP contribution in [-0.2, 0) is 7.05 Å². The van der Waals surface area contributed by atoms with Gasteiger partial charge in [-0.2, -0.15) is 0 Å². The van der Waals surface area contributed by atoms with Crippen molar-refractivity contribution in [2.75, 3.05) is 10.6 Å². The van der Waals surface area contributed by atoms with Crippen LogP contribution >= 0.6 is 11.3 Å². The highest BCUT2D eigenvalue weighted by molar-refractivity contribution is 7.16. The van der Waals surface area contributed by atoms with E-state index in [-0.39, 0.29) is 11.9 Å². The molecule has 0 aliphatic heterocycles. The Morgan fingerprint density at radius 3 is 2.72 bits per heavy atom. The lowest BCUT2D eigenvalue weighted by Crippen LogP contribution is -2.17. The average molecular weight is 408 g/mol. The second-order valence-electron chi connectivity index (χ2n) is 6.96. The fourth-order valence-corrected chi connectivity index (χ4v) is 3.84. The van der Waals surface area contributed by atoms with Gasteiger partial charge in [-0.1, -0.05) is 0 Å². The Morgan fingerprint density at radius 1 is 1.17 bits per heavy atom. The SMILES string of the molecule is CC(C)Nc1cc(Nc2ccc3ncsc3c2)ncc1-c1cnc(C(N)=O)n1C. The van der Waals surface area contributed by atoms with Crippen molar-refractivity contribution < 1.29 is 4.79 Å². The number of hydrogen-bond acceptors (Lipinski definition) is 7. The summed E-state index contributed by atoms with van der Waals surface area (Å²) in [5.41, 5.74) is 11.6. The molecule has 0 fully saturated rings. The Labute approximate surface area is 171 Å². The second-order valence-corrected chi connectivity index (χ2v) is 7.85. The molecule has 0 bridgehead atoms. The van der Waals surface area contributed by atoms with Crippen LogP contribution in [0.3, 0.4) is 0 Å². The van der Waals surface area contributed by atoms with Gasteiger partial charge in [0.1, 0.15) is 5.82 Å². The zero-order valence-electron chi connectivity index (χ0n) is 16.3. The molecule has 29 heavy (non-hydrogen) atoms. The fraction of sp³-hybridized carbons (Fsp3) is 0.200. The normalized spacial score (nSPS) is 11.2. The summed E-state index contributed by atoms with van der Waals surface area (Å²) in [6.07, 6.45) is 3.40. The first-order valence-corrected chi connectivity index (χ1v) is 9.99. The van der Waals surface area contributed by atoms with Crippen LogP contribution in [0.15, 0.2) is 42.2 Å². The molecule has 1 aromatic carbocycles. The lowest BCUT2D eigenvalue weighted by Gasteiger charge is -2.17. The van der Waals surface area contributed by atoms with Gasteiger partial charge in [0.15, 0.2) is 5.82 Å². The van der Waals surface area contributed by atoms with Gasteiger partial charge in [-0.3, -0.25) is 4.79 Å². The number of nitrogens with one attached hydrogen (secondary N) is 2. The van der Waals surface area contributed by atoms with Gasteiger partial charge in [0, 0.05) is 42.3 Å². The highest BCUT2D eigenvalue weighted by atomic mass is 32.1. The molecular weight excluding hydrogens is 386 g/mol. The zero-order chi connectivity index (χ0) is 20.5. The Bertz CT molecular complexity index is 1190. The molecule has 0 saturated heterocycles. The molecular formula is C20H21N7OS. The van der Waals surface area contributed by atoms with Gasteiger partial charge in [-0.05, 0) is 32.0 Å². The standard InChI is InChI=1S/C20H21N7OS/c1-11(2)25-15-7-18(26-12-4-5-14-17(6-12)29-10-24-14)22-8-13(15)16-9-23-20(19(21)28)27(16)3/h4-11H,1-3H3,(H2,21,28)(H2,22,25,26). The van der Waals surface area contributed by atoms with Crippen LogP contribution < -0.4 is 16.4 Å². The lowest BCUT2D eigenvalue weighted by molar-refractivity contribution is 0.0987. The van der Waals surface area contributed by atoms with Crippen molar-refractivity contribution in [2.45, 2.75) is 19.9 Å². The first kappa shape index (κ1) is 18.9. The third-order valence-electron chi connectivity index (χ3n) is 4.44. The molecule has 1 amide bonds. The molecule has 3 aromatic heterocycles. The number of benzene rings is 1. The second kappa shape index (κ2) is 7.51. The van der Waals surface area contributed by atoms with Crippen LogP contribution in [0.5, 0.6) is 0 Å². The van der Waals surface area contributed by atoms with E-state index >= 15 is 0 Å². The minimum atomic E-state index is -0.568. The maximum absolute atomic E-state index is 11.6. The smallest absolute Gasteiger partial charge is 0.284 e. The van der Waals surface area contributed by atoms with E-state index in [1.165, 1.54) is 0 Å². The van der Waals surface area contributed by atoms with Crippen molar-refractivity contribution in [1.82, 2.24) is 19.5 Å². The minimum absolute atomic E-state index is 0.204. The molecule has 4 rings (SSSR count). The fourth-order valence-electron chi connectivity index (χ4n) is 3.13. The van der Waals surface area contributed by atoms with E-state index in [0.29, 0.717) is 5.82 Å². The van der Waals surface area contributed by atoms with Crippen LogP contribution in [0.25, 0.3) is 21.5 Å². The summed E-state index contributed by atoms with van der Waals surface area (Å²) in [5, 5.41) is 6.79. The number of pyridine rings is 1. The van der Waals surface area contributed by atoms with Crippen molar-refractivity contribution >= 4 is 44.7 Å². The van der Waals surface area contributed by atoms with E-state index in [1.54, 1.807) is 35.3 Å². The summed E-state index contributed by atoms with van der Waals surface area (Å²) in [6, 6.07) is 8.17. The first-order chi connectivity index (χ1) is 13.9. The molecule has 4 N–H and O–H groups in total. The number of rotatable bonds is 6. The Kier molecular flexibility index (Phi) is 4.89. The van der Waals surface area contributed by atoms with Gasteiger partial charge in [0.2, 0.25) is 0 Å². The number of primary amides is 1. The molecule has 0 aliphatic carbocycles. The predicted octanol–water partition coefficient (Wildman–Crippen LogP) is 3.75. The molecule has 3 heterocycles. The van der Waals surface area contributed by atoms with Gasteiger partial charge in [0.05, 0.1) is 27.6 Å². The molecule has 9 heteroatoms. The van der Waals surface area contributed by atoms with Crippen molar-refractivity contribution in [1.29, 1.82) is 0 Å². The third kappa shape index (κ3) is 3.77. The van der Waals surface area contributed by atoms with Crippen molar-refractivity contribution in [3.8, 4) is 11.3 Å². The number of carbonyl (C=O) groups excluding carboxylic acids is 1. The van der Waals surface area contributed by atoms with Crippen LogP contribution in [0.4, 0.5) is 17.2 Å². The van der Waals surface area contributed by atoms with E-state index in [4.69, 9.17) is 5.73 Å². The molecule has 8 nitrogen and oxygen atoms in total. The average Bonchev–Trinajstić information content (AvgIpc) is 3.27. The van der Waals surface area contributed by atoms with Gasteiger partial charge >= 0.3 is 0 Å². The third-order valence-corrected chi connectivity index (χ3v) is 5.23. The molecule has 4 aromatic rings. The Morgan fingerprint density at radius 2 is 2.00 bits per heavy atom. The topological polar surface area (TPSA) is 111 Å². The Balaban J connectivity index is 1.71. The number of nitrogens with two attached hydrogens (primary N) is 1. The summed E-state index contributed by atoms with van der Waals surface area (Å²) in [6.45, 7) is 4.13. The maximum atomic E-state index is 11.6. The van der Waals surface area contributed by atoms with Crippen molar-refractivity contribution in [3.05, 3.63) is 48.0 Å². The minimum Gasteiger partial charge on any atom is -0.382 e. The quantitative estimate of drug-likeness (QED) is 0.449. The number of amides is 1. The number of nitrogens with zero attached hydrogens (tertiary/aromatic N) is 4. The number of thiazole rings is 1. The number of fused-ring (bicyclic) bond motifs is 1. The van der Waals surface area contributed by atoms with Gasteiger partial charge in [0.25, 0.3) is 5.91 Å². The molecule has 0 unspecified atom stereocenters. The van der Waals surface area contributed by atoms with Gasteiger partial charge < -0.3 is 20.9 Å². The Hall–Kier alpha value is -3.46. The number of aromatic nitrogens is 4. The number of imidazole rings is 1. The van der Waals surface area contributed by atoms with Crippen LogP contribution in [-0.4, -0.2) is 31.5 Å². The summed E-state index contributed by atoms with van der Waals surface area (Å²) >= 11 is 1.60. The van der Waals surface area contributed by atoms with Crippen LogP contribution in [0, 0.1) is 0 Å². The maximum Gasteiger partial charge on any atom is 0.284 e. The molecule has 0 radical (unpaired) electrons. The van der Waals surface area contributed by atoms with Crippen LogP contribution in [0.2, 0.25) is 0 Å². The monoisotopic (exact) mass is 407 g/mol.